The standard InChI is InChI=1S/C11H21N3O2/c1-2-12-8-10(15)13-9-11(16)14-6-4-3-5-7-14/h12H,2-9H2,1H3,(H,13,15). The molecule has 0 aromatic carbocycles. The molecule has 0 aliphatic carbocycles. The van der Waals surface area contributed by atoms with Crippen LogP contribution in [0.1, 0.15) is 26.2 Å². The molecule has 92 valence electrons. The smallest absolute Gasteiger partial charge is 0.241 e. The summed E-state index contributed by atoms with van der Waals surface area (Å²) in [6.45, 7) is 4.78. The number of piperidine rings is 1. The minimum absolute atomic E-state index is 0.0320. The largest absolute Gasteiger partial charge is 0.346 e. The summed E-state index contributed by atoms with van der Waals surface area (Å²) in [6, 6.07) is 0. The zero-order chi connectivity index (χ0) is 11.8. The van der Waals surface area contributed by atoms with Crippen molar-refractivity contribution in [1.29, 1.82) is 0 Å². The SMILES string of the molecule is CCNCC(=O)NCC(=O)N1CCCCC1. The molecule has 0 bridgehead atoms. The molecule has 0 radical (unpaired) electrons. The first kappa shape index (κ1) is 13.0. The second-order valence-corrected chi connectivity index (χ2v) is 4.00. The van der Waals surface area contributed by atoms with Crippen LogP contribution in [0.3, 0.4) is 0 Å². The van der Waals surface area contributed by atoms with Crippen molar-refractivity contribution in [1.82, 2.24) is 15.5 Å². The lowest BCUT2D eigenvalue weighted by Crippen LogP contribution is -2.44. The van der Waals surface area contributed by atoms with Crippen LogP contribution in [0.2, 0.25) is 0 Å². The van der Waals surface area contributed by atoms with E-state index < -0.39 is 0 Å². The summed E-state index contributed by atoms with van der Waals surface area (Å²) in [5, 5.41) is 5.54. The predicted octanol–water partition coefficient (Wildman–Crippen LogP) is -0.275. The van der Waals surface area contributed by atoms with Gasteiger partial charge in [-0.25, -0.2) is 0 Å². The van der Waals surface area contributed by atoms with Crippen LogP contribution in [-0.4, -0.2) is 49.4 Å². The van der Waals surface area contributed by atoms with E-state index in [4.69, 9.17) is 0 Å². The monoisotopic (exact) mass is 227 g/mol. The molecule has 1 fully saturated rings. The Balaban J connectivity index is 2.15. The molecule has 1 rings (SSSR count). The maximum atomic E-state index is 11.7. The highest BCUT2D eigenvalue weighted by Gasteiger charge is 2.16. The number of amides is 2. The lowest BCUT2D eigenvalue weighted by atomic mass is 10.1. The lowest BCUT2D eigenvalue weighted by molar-refractivity contribution is -0.133. The molecule has 1 heterocycles. The third-order valence-corrected chi connectivity index (χ3v) is 2.68. The van der Waals surface area contributed by atoms with Crippen LogP contribution in [-0.2, 0) is 9.59 Å². The molecule has 5 heteroatoms. The van der Waals surface area contributed by atoms with Gasteiger partial charge in [-0.15, -0.1) is 0 Å². The minimum Gasteiger partial charge on any atom is -0.346 e. The van der Waals surface area contributed by atoms with E-state index in [9.17, 15) is 9.59 Å². The van der Waals surface area contributed by atoms with Crippen LogP contribution in [0, 0.1) is 0 Å². The third kappa shape index (κ3) is 4.61. The molecule has 5 nitrogen and oxygen atoms in total. The third-order valence-electron chi connectivity index (χ3n) is 2.68. The molecule has 0 unspecified atom stereocenters. The zero-order valence-electron chi connectivity index (χ0n) is 9.92. The Bertz CT molecular complexity index is 237. The number of rotatable bonds is 5. The second-order valence-electron chi connectivity index (χ2n) is 4.00. The highest BCUT2D eigenvalue weighted by molar-refractivity contribution is 5.85. The lowest BCUT2D eigenvalue weighted by Gasteiger charge is -2.26. The average molecular weight is 227 g/mol. The number of nitrogens with zero attached hydrogens (tertiary/aromatic N) is 1. The Morgan fingerprint density at radius 2 is 1.81 bits per heavy atom. The summed E-state index contributed by atoms with van der Waals surface area (Å²) < 4.78 is 0. The van der Waals surface area contributed by atoms with E-state index in [2.05, 4.69) is 10.6 Å². The van der Waals surface area contributed by atoms with E-state index >= 15 is 0 Å². The maximum absolute atomic E-state index is 11.7. The summed E-state index contributed by atoms with van der Waals surface area (Å²) in [5.41, 5.74) is 0. The van der Waals surface area contributed by atoms with Crippen molar-refractivity contribution < 1.29 is 9.59 Å². The first-order valence-electron chi connectivity index (χ1n) is 5.99. The summed E-state index contributed by atoms with van der Waals surface area (Å²) >= 11 is 0. The Labute approximate surface area is 96.6 Å². The fourth-order valence-electron chi connectivity index (χ4n) is 1.73. The van der Waals surface area contributed by atoms with Crippen molar-refractivity contribution >= 4 is 11.8 Å². The quantitative estimate of drug-likeness (QED) is 0.679. The Kier molecular flexibility index (Phi) is 5.85. The van der Waals surface area contributed by atoms with Gasteiger partial charge in [0.25, 0.3) is 0 Å². The van der Waals surface area contributed by atoms with Crippen LogP contribution in [0.4, 0.5) is 0 Å². The Morgan fingerprint density at radius 1 is 1.12 bits per heavy atom. The molecule has 1 aliphatic rings. The number of carbonyl (C=O) groups excluding carboxylic acids is 2. The van der Waals surface area contributed by atoms with E-state index in [0.717, 1.165) is 32.5 Å². The predicted molar refractivity (Wildman–Crippen MR) is 62.0 cm³/mol. The first-order chi connectivity index (χ1) is 7.74. The number of hydrogen-bond donors (Lipinski definition) is 2. The molecule has 0 atom stereocenters. The molecular formula is C11H21N3O2. The second kappa shape index (κ2) is 7.22. The normalized spacial score (nSPS) is 15.9. The van der Waals surface area contributed by atoms with Crippen molar-refractivity contribution in [2.45, 2.75) is 26.2 Å². The zero-order valence-corrected chi connectivity index (χ0v) is 9.92. The van der Waals surface area contributed by atoms with Gasteiger partial charge in [-0.1, -0.05) is 6.92 Å². The van der Waals surface area contributed by atoms with Crippen molar-refractivity contribution in [3.8, 4) is 0 Å². The molecule has 2 N–H and O–H groups in total. The molecule has 2 amide bonds. The van der Waals surface area contributed by atoms with Crippen LogP contribution < -0.4 is 10.6 Å². The summed E-state index contributed by atoms with van der Waals surface area (Å²) in [6.07, 6.45) is 3.37. The van der Waals surface area contributed by atoms with E-state index in [-0.39, 0.29) is 24.9 Å². The Morgan fingerprint density at radius 3 is 2.44 bits per heavy atom. The van der Waals surface area contributed by atoms with Gasteiger partial charge in [0.15, 0.2) is 0 Å². The van der Waals surface area contributed by atoms with Gasteiger partial charge in [-0.2, -0.15) is 0 Å². The molecule has 0 aromatic rings. The summed E-state index contributed by atoms with van der Waals surface area (Å²) in [5.74, 6) is -0.0863. The van der Waals surface area contributed by atoms with E-state index in [1.165, 1.54) is 6.42 Å². The van der Waals surface area contributed by atoms with Gasteiger partial charge in [0.1, 0.15) is 0 Å². The molecule has 0 saturated carbocycles. The average Bonchev–Trinajstić information content (AvgIpc) is 2.34. The van der Waals surface area contributed by atoms with E-state index in [1.54, 1.807) is 0 Å². The number of hydrogen-bond acceptors (Lipinski definition) is 3. The van der Waals surface area contributed by atoms with Gasteiger partial charge >= 0.3 is 0 Å². The van der Waals surface area contributed by atoms with Crippen LogP contribution in [0.5, 0.6) is 0 Å². The molecule has 1 aliphatic heterocycles. The van der Waals surface area contributed by atoms with Gasteiger partial charge in [0.2, 0.25) is 11.8 Å². The van der Waals surface area contributed by atoms with Crippen LogP contribution in [0.25, 0.3) is 0 Å². The fraction of sp³-hybridized carbons (Fsp3) is 0.818. The van der Waals surface area contributed by atoms with Crippen molar-refractivity contribution in [2.75, 3.05) is 32.7 Å². The first-order valence-corrected chi connectivity index (χ1v) is 5.99. The highest BCUT2D eigenvalue weighted by atomic mass is 16.2. The topological polar surface area (TPSA) is 61.4 Å². The van der Waals surface area contributed by atoms with Gasteiger partial charge in [-0.05, 0) is 25.8 Å². The Hall–Kier alpha value is -1.10. The van der Waals surface area contributed by atoms with E-state index in [1.807, 2.05) is 11.8 Å². The van der Waals surface area contributed by atoms with Crippen molar-refractivity contribution in [2.24, 2.45) is 0 Å². The van der Waals surface area contributed by atoms with Gasteiger partial charge < -0.3 is 15.5 Å². The molecule has 0 spiro atoms. The number of likely N-dealkylation sites (tertiary alicyclic amines) is 1. The number of likely N-dealkylation sites (N-methyl/N-ethyl adjacent to an activating group) is 1. The number of nitrogens with one attached hydrogen (secondary N) is 2. The molecular weight excluding hydrogens is 206 g/mol. The molecule has 16 heavy (non-hydrogen) atoms. The molecule has 0 aromatic heterocycles. The van der Waals surface area contributed by atoms with Crippen LogP contribution >= 0.6 is 0 Å². The highest BCUT2D eigenvalue weighted by Crippen LogP contribution is 2.07. The van der Waals surface area contributed by atoms with E-state index in [0.29, 0.717) is 0 Å². The van der Waals surface area contributed by atoms with Crippen molar-refractivity contribution in [3.05, 3.63) is 0 Å². The van der Waals surface area contributed by atoms with Crippen LogP contribution in [0.15, 0.2) is 0 Å². The van der Waals surface area contributed by atoms with Gasteiger partial charge in [0.05, 0.1) is 13.1 Å². The number of carbonyl (C=O) groups is 2. The summed E-state index contributed by atoms with van der Waals surface area (Å²) in [7, 11) is 0. The summed E-state index contributed by atoms with van der Waals surface area (Å²) in [4.78, 5) is 24.7. The molecule has 1 saturated heterocycles. The van der Waals surface area contributed by atoms with Gasteiger partial charge in [0, 0.05) is 13.1 Å². The van der Waals surface area contributed by atoms with Gasteiger partial charge in [-0.3, -0.25) is 9.59 Å². The maximum Gasteiger partial charge on any atom is 0.241 e. The fourth-order valence-corrected chi connectivity index (χ4v) is 1.73. The van der Waals surface area contributed by atoms with Crippen molar-refractivity contribution in [3.63, 3.8) is 0 Å². The minimum atomic E-state index is -0.118.